The number of carboxylic acids is 1. The molecule has 4 heteroatoms. The van der Waals surface area contributed by atoms with Gasteiger partial charge in [0.1, 0.15) is 11.8 Å². The van der Waals surface area contributed by atoms with E-state index in [9.17, 15) is 15.0 Å². The Hall–Kier alpha value is -1.55. The fraction of sp³-hybridized carbons (Fsp3) is 0.588. The van der Waals surface area contributed by atoms with Crippen LogP contribution in [0.1, 0.15) is 44.6 Å². The average molecular weight is 291 g/mol. The van der Waals surface area contributed by atoms with Gasteiger partial charge in [-0.2, -0.15) is 0 Å². The van der Waals surface area contributed by atoms with Gasteiger partial charge in [-0.25, -0.2) is 0 Å². The molecule has 1 aliphatic carbocycles. The maximum Gasteiger partial charge on any atom is 0.321 e. The van der Waals surface area contributed by atoms with Gasteiger partial charge in [0, 0.05) is 6.04 Å². The molecule has 1 aromatic rings. The number of carbonyl (C=O) groups is 1. The summed E-state index contributed by atoms with van der Waals surface area (Å²) in [6.07, 6.45) is 6.25. The first kappa shape index (κ1) is 15.8. The fourth-order valence-electron chi connectivity index (χ4n) is 3.26. The normalized spacial score (nSPS) is 23.7. The summed E-state index contributed by atoms with van der Waals surface area (Å²) in [7, 11) is 0. The number of phenolic OH excluding ortho intramolecular Hbond substituents is 1. The Kier molecular flexibility index (Phi) is 5.62. The highest BCUT2D eigenvalue weighted by molar-refractivity contribution is 5.74. The number of aromatic hydroxyl groups is 1. The smallest absolute Gasteiger partial charge is 0.321 e. The highest BCUT2D eigenvalue weighted by Crippen LogP contribution is 2.27. The number of hydrogen-bond donors (Lipinski definition) is 3. The first-order valence-electron chi connectivity index (χ1n) is 7.87. The SMILES string of the molecule is CCC1CCCCC1N[C@@H](Cc1ccc(O)cc1)C(=O)O. The second-order valence-electron chi connectivity index (χ2n) is 5.99. The first-order chi connectivity index (χ1) is 10.1. The number of benzene rings is 1. The van der Waals surface area contributed by atoms with E-state index in [4.69, 9.17) is 0 Å². The van der Waals surface area contributed by atoms with Gasteiger partial charge in [-0.3, -0.25) is 4.79 Å². The Morgan fingerprint density at radius 1 is 1.29 bits per heavy atom. The van der Waals surface area contributed by atoms with Crippen LogP contribution in [0.4, 0.5) is 0 Å². The van der Waals surface area contributed by atoms with Crippen molar-refractivity contribution in [3.05, 3.63) is 29.8 Å². The standard InChI is InChI=1S/C17H25NO3/c1-2-13-5-3-4-6-15(13)18-16(17(20)21)11-12-7-9-14(19)10-8-12/h7-10,13,15-16,18-19H,2-6,11H2,1H3,(H,20,21)/t13?,15?,16-/m0/s1. The van der Waals surface area contributed by atoms with Crippen LogP contribution in [-0.4, -0.2) is 28.3 Å². The number of phenols is 1. The van der Waals surface area contributed by atoms with Crippen LogP contribution >= 0.6 is 0 Å². The van der Waals surface area contributed by atoms with Crippen LogP contribution in [0.3, 0.4) is 0 Å². The molecule has 0 heterocycles. The van der Waals surface area contributed by atoms with E-state index in [1.54, 1.807) is 24.3 Å². The molecule has 1 aromatic carbocycles. The Morgan fingerprint density at radius 2 is 1.95 bits per heavy atom. The van der Waals surface area contributed by atoms with Crippen LogP contribution < -0.4 is 5.32 Å². The number of carboxylic acid groups (broad SMARTS) is 1. The number of hydrogen-bond acceptors (Lipinski definition) is 3. The molecule has 0 radical (unpaired) electrons. The monoisotopic (exact) mass is 291 g/mol. The Morgan fingerprint density at radius 3 is 2.57 bits per heavy atom. The van der Waals surface area contributed by atoms with Gasteiger partial charge in [-0.15, -0.1) is 0 Å². The third-order valence-electron chi connectivity index (χ3n) is 4.52. The van der Waals surface area contributed by atoms with Crippen LogP contribution in [0, 0.1) is 5.92 Å². The molecule has 1 aliphatic rings. The molecular formula is C17H25NO3. The van der Waals surface area contributed by atoms with Gasteiger partial charge in [0.25, 0.3) is 0 Å². The Labute approximate surface area is 126 Å². The van der Waals surface area contributed by atoms with E-state index in [0.717, 1.165) is 18.4 Å². The van der Waals surface area contributed by atoms with Gasteiger partial charge in [0.2, 0.25) is 0 Å². The molecule has 0 aliphatic heterocycles. The second-order valence-corrected chi connectivity index (χ2v) is 5.99. The van der Waals surface area contributed by atoms with Crippen molar-refractivity contribution in [1.29, 1.82) is 0 Å². The minimum atomic E-state index is -0.802. The lowest BCUT2D eigenvalue weighted by Crippen LogP contribution is -2.48. The van der Waals surface area contributed by atoms with E-state index in [0.29, 0.717) is 18.4 Å². The second kappa shape index (κ2) is 7.46. The summed E-state index contributed by atoms with van der Waals surface area (Å²) < 4.78 is 0. The van der Waals surface area contributed by atoms with Crippen molar-refractivity contribution in [1.82, 2.24) is 5.32 Å². The largest absolute Gasteiger partial charge is 0.508 e. The molecule has 3 atom stereocenters. The van der Waals surface area contributed by atoms with E-state index < -0.39 is 12.0 Å². The third kappa shape index (κ3) is 4.46. The molecule has 2 unspecified atom stereocenters. The van der Waals surface area contributed by atoms with Gasteiger partial charge in [-0.05, 0) is 42.9 Å². The van der Waals surface area contributed by atoms with Gasteiger partial charge < -0.3 is 15.5 Å². The molecule has 0 bridgehead atoms. The molecule has 4 nitrogen and oxygen atoms in total. The van der Waals surface area contributed by atoms with Crippen molar-refractivity contribution in [2.45, 2.75) is 57.5 Å². The molecule has 116 valence electrons. The number of aliphatic carboxylic acids is 1. The maximum absolute atomic E-state index is 11.5. The summed E-state index contributed by atoms with van der Waals surface area (Å²) in [6, 6.07) is 6.51. The number of nitrogens with one attached hydrogen (secondary N) is 1. The molecule has 3 N–H and O–H groups in total. The molecule has 2 rings (SSSR count). The summed E-state index contributed by atoms with van der Waals surface area (Å²) in [5.74, 6) is -0.0131. The van der Waals surface area contributed by atoms with E-state index in [-0.39, 0.29) is 5.75 Å². The molecule has 1 saturated carbocycles. The van der Waals surface area contributed by atoms with Crippen molar-refractivity contribution < 1.29 is 15.0 Å². The third-order valence-corrected chi connectivity index (χ3v) is 4.52. The zero-order valence-electron chi connectivity index (χ0n) is 12.6. The van der Waals surface area contributed by atoms with Crippen LogP contribution in [0.15, 0.2) is 24.3 Å². The minimum absolute atomic E-state index is 0.205. The van der Waals surface area contributed by atoms with Crippen molar-refractivity contribution in [2.24, 2.45) is 5.92 Å². The van der Waals surface area contributed by atoms with Crippen LogP contribution in [0.5, 0.6) is 5.75 Å². The lowest BCUT2D eigenvalue weighted by molar-refractivity contribution is -0.139. The zero-order valence-corrected chi connectivity index (χ0v) is 12.6. The van der Waals surface area contributed by atoms with E-state index in [1.165, 1.54) is 19.3 Å². The zero-order chi connectivity index (χ0) is 15.2. The number of rotatable bonds is 6. The highest BCUT2D eigenvalue weighted by atomic mass is 16.4. The molecule has 21 heavy (non-hydrogen) atoms. The van der Waals surface area contributed by atoms with Gasteiger partial charge in [-0.1, -0.05) is 38.3 Å². The summed E-state index contributed by atoms with van der Waals surface area (Å²) in [4.78, 5) is 11.5. The van der Waals surface area contributed by atoms with Crippen molar-refractivity contribution in [3.8, 4) is 5.75 Å². The average Bonchev–Trinajstić information content (AvgIpc) is 2.49. The van der Waals surface area contributed by atoms with Gasteiger partial charge in [0.15, 0.2) is 0 Å². The quantitative estimate of drug-likeness (QED) is 0.753. The molecule has 1 fully saturated rings. The summed E-state index contributed by atoms with van der Waals surface area (Å²) in [5, 5.41) is 22.1. The highest BCUT2D eigenvalue weighted by Gasteiger charge is 2.28. The minimum Gasteiger partial charge on any atom is -0.508 e. The summed E-state index contributed by atoms with van der Waals surface area (Å²) in [6.45, 7) is 2.18. The van der Waals surface area contributed by atoms with Crippen molar-refractivity contribution in [3.63, 3.8) is 0 Å². The predicted octanol–water partition coefficient (Wildman–Crippen LogP) is 2.95. The van der Waals surface area contributed by atoms with E-state index in [1.807, 2.05) is 0 Å². The van der Waals surface area contributed by atoms with Crippen LogP contribution in [0.25, 0.3) is 0 Å². The van der Waals surface area contributed by atoms with E-state index in [2.05, 4.69) is 12.2 Å². The topological polar surface area (TPSA) is 69.6 Å². The molecule has 0 amide bonds. The summed E-state index contributed by atoms with van der Waals surface area (Å²) >= 11 is 0. The molecule has 0 saturated heterocycles. The first-order valence-corrected chi connectivity index (χ1v) is 7.87. The maximum atomic E-state index is 11.5. The predicted molar refractivity (Wildman–Crippen MR) is 82.4 cm³/mol. The van der Waals surface area contributed by atoms with E-state index >= 15 is 0 Å². The lowest BCUT2D eigenvalue weighted by atomic mass is 9.82. The van der Waals surface area contributed by atoms with Crippen LogP contribution in [0.2, 0.25) is 0 Å². The molecule has 0 aromatic heterocycles. The molecule has 0 spiro atoms. The fourth-order valence-corrected chi connectivity index (χ4v) is 3.26. The lowest BCUT2D eigenvalue weighted by Gasteiger charge is -2.33. The molecular weight excluding hydrogens is 266 g/mol. The van der Waals surface area contributed by atoms with Gasteiger partial charge in [0.05, 0.1) is 0 Å². The summed E-state index contributed by atoms with van der Waals surface area (Å²) in [5.41, 5.74) is 0.927. The van der Waals surface area contributed by atoms with Crippen molar-refractivity contribution >= 4 is 5.97 Å². The van der Waals surface area contributed by atoms with Crippen molar-refractivity contribution in [2.75, 3.05) is 0 Å². The Bertz CT molecular complexity index is 458. The Balaban J connectivity index is 2.01. The van der Waals surface area contributed by atoms with Crippen LogP contribution in [-0.2, 0) is 11.2 Å². The van der Waals surface area contributed by atoms with Gasteiger partial charge >= 0.3 is 5.97 Å².